The SMILES string of the molecule is c1ccc(-c2ccc(-c3nc4ccc5cc(-c6cc(N(c7ccccc7)c7ccc(-c8ccccc8)cc7)ccc6-c6ccccc6)ccc5c4o3)cc2)cc1. The molecule has 10 aromatic rings. The van der Waals surface area contributed by atoms with Crippen molar-refractivity contribution in [3.8, 4) is 56.0 Å². The normalized spacial score (nSPS) is 11.2. The monoisotopic (exact) mass is 716 g/mol. The van der Waals surface area contributed by atoms with E-state index in [1.165, 1.54) is 27.8 Å². The first-order valence-electron chi connectivity index (χ1n) is 18.9. The fourth-order valence-corrected chi connectivity index (χ4v) is 7.68. The number of rotatable bonds is 8. The topological polar surface area (TPSA) is 29.3 Å². The van der Waals surface area contributed by atoms with Crippen LogP contribution in [0.2, 0.25) is 0 Å². The van der Waals surface area contributed by atoms with Crippen LogP contribution < -0.4 is 4.90 Å². The van der Waals surface area contributed by atoms with Crippen molar-refractivity contribution in [3.05, 3.63) is 218 Å². The van der Waals surface area contributed by atoms with Gasteiger partial charge < -0.3 is 9.32 Å². The second-order valence-corrected chi connectivity index (χ2v) is 14.0. The Morgan fingerprint density at radius 2 is 0.839 bits per heavy atom. The van der Waals surface area contributed by atoms with E-state index in [0.29, 0.717) is 5.89 Å². The third-order valence-electron chi connectivity index (χ3n) is 10.5. The molecular weight excluding hydrogens is 681 g/mol. The van der Waals surface area contributed by atoms with Crippen LogP contribution in [0.3, 0.4) is 0 Å². The maximum Gasteiger partial charge on any atom is 0.227 e. The summed E-state index contributed by atoms with van der Waals surface area (Å²) in [5.74, 6) is 0.619. The van der Waals surface area contributed by atoms with Crippen molar-refractivity contribution in [1.29, 1.82) is 0 Å². The van der Waals surface area contributed by atoms with Gasteiger partial charge in [0.05, 0.1) is 0 Å². The summed E-state index contributed by atoms with van der Waals surface area (Å²) in [6.45, 7) is 0. The summed E-state index contributed by atoms with van der Waals surface area (Å²) >= 11 is 0. The van der Waals surface area contributed by atoms with Gasteiger partial charge in [0.1, 0.15) is 5.52 Å². The van der Waals surface area contributed by atoms with Crippen LogP contribution in [0.1, 0.15) is 0 Å². The molecule has 1 aromatic heterocycles. The average Bonchev–Trinajstić information content (AvgIpc) is 3.73. The Morgan fingerprint density at radius 1 is 0.339 bits per heavy atom. The van der Waals surface area contributed by atoms with E-state index < -0.39 is 0 Å². The molecule has 0 aliphatic heterocycles. The second-order valence-electron chi connectivity index (χ2n) is 14.0. The molecule has 3 heteroatoms. The van der Waals surface area contributed by atoms with Crippen molar-refractivity contribution in [2.24, 2.45) is 0 Å². The molecule has 9 aromatic carbocycles. The highest BCUT2D eigenvalue weighted by Crippen LogP contribution is 2.42. The Labute approximate surface area is 326 Å². The van der Waals surface area contributed by atoms with Crippen LogP contribution in [-0.4, -0.2) is 4.98 Å². The summed E-state index contributed by atoms with van der Waals surface area (Å²) in [4.78, 5) is 7.24. The van der Waals surface area contributed by atoms with Gasteiger partial charge in [0.2, 0.25) is 5.89 Å². The van der Waals surface area contributed by atoms with Gasteiger partial charge >= 0.3 is 0 Å². The van der Waals surface area contributed by atoms with E-state index in [2.05, 4.69) is 217 Å². The lowest BCUT2D eigenvalue weighted by molar-refractivity contribution is 0.623. The molecular formula is C53H36N2O. The smallest absolute Gasteiger partial charge is 0.227 e. The van der Waals surface area contributed by atoms with Crippen LogP contribution >= 0.6 is 0 Å². The van der Waals surface area contributed by atoms with Gasteiger partial charge in [0, 0.05) is 28.0 Å². The maximum absolute atomic E-state index is 6.52. The average molecular weight is 717 g/mol. The number of fused-ring (bicyclic) bond motifs is 3. The Balaban J connectivity index is 1.06. The highest BCUT2D eigenvalue weighted by molar-refractivity contribution is 6.05. The van der Waals surface area contributed by atoms with Gasteiger partial charge in [-0.2, -0.15) is 0 Å². The lowest BCUT2D eigenvalue weighted by atomic mass is 9.92. The molecule has 3 nitrogen and oxygen atoms in total. The quantitative estimate of drug-likeness (QED) is 0.157. The summed E-state index contributed by atoms with van der Waals surface area (Å²) in [5.41, 5.74) is 15.2. The first-order chi connectivity index (χ1) is 27.7. The molecule has 264 valence electrons. The Hall–Kier alpha value is -7.49. The molecule has 0 N–H and O–H groups in total. The van der Waals surface area contributed by atoms with Gasteiger partial charge in [-0.25, -0.2) is 4.98 Å². The Bertz CT molecular complexity index is 2920. The predicted octanol–water partition coefficient (Wildman–Crippen LogP) is 14.8. The molecule has 0 saturated heterocycles. The van der Waals surface area contributed by atoms with Crippen molar-refractivity contribution in [2.75, 3.05) is 4.90 Å². The zero-order valence-corrected chi connectivity index (χ0v) is 30.6. The lowest BCUT2D eigenvalue weighted by Crippen LogP contribution is -2.10. The van der Waals surface area contributed by atoms with Gasteiger partial charge in [0.15, 0.2) is 5.58 Å². The number of nitrogens with zero attached hydrogens (tertiary/aromatic N) is 2. The highest BCUT2D eigenvalue weighted by Gasteiger charge is 2.18. The van der Waals surface area contributed by atoms with Crippen molar-refractivity contribution in [1.82, 2.24) is 4.98 Å². The fourth-order valence-electron chi connectivity index (χ4n) is 7.68. The van der Waals surface area contributed by atoms with Crippen molar-refractivity contribution in [3.63, 3.8) is 0 Å². The standard InChI is InChI=1S/C53H36N2O/c1-5-13-37(14-6-1)39-21-23-42(24-22-39)53-54-51-34-28-43-35-44(27-32-49(43)52(51)56-53)50-36-47(31-33-48(50)41-17-9-3-10-18-41)55(45-19-11-4-12-20-45)46-29-25-40(26-30-46)38-15-7-2-8-16-38/h1-36H. The van der Waals surface area contributed by atoms with E-state index >= 15 is 0 Å². The second kappa shape index (κ2) is 14.4. The van der Waals surface area contributed by atoms with E-state index in [1.54, 1.807) is 0 Å². The molecule has 0 aliphatic carbocycles. The van der Waals surface area contributed by atoms with Gasteiger partial charge in [-0.15, -0.1) is 0 Å². The molecule has 10 rings (SSSR count). The van der Waals surface area contributed by atoms with Crippen molar-refractivity contribution < 1.29 is 4.42 Å². The largest absolute Gasteiger partial charge is 0.435 e. The molecule has 0 bridgehead atoms. The Morgan fingerprint density at radius 3 is 1.48 bits per heavy atom. The van der Waals surface area contributed by atoms with Crippen LogP contribution in [0.4, 0.5) is 17.1 Å². The first kappa shape index (κ1) is 33.1. The summed E-state index contributed by atoms with van der Waals surface area (Å²) in [6.07, 6.45) is 0. The van der Waals surface area contributed by atoms with Crippen LogP contribution in [-0.2, 0) is 0 Å². The Kier molecular flexibility index (Phi) is 8.51. The van der Waals surface area contributed by atoms with E-state index in [4.69, 9.17) is 9.40 Å². The molecule has 0 amide bonds. The molecule has 0 saturated carbocycles. The molecule has 0 unspecified atom stereocenters. The molecule has 0 radical (unpaired) electrons. The first-order valence-corrected chi connectivity index (χ1v) is 18.9. The van der Waals surface area contributed by atoms with Gasteiger partial charge in [0.25, 0.3) is 0 Å². The minimum absolute atomic E-state index is 0.619. The van der Waals surface area contributed by atoms with Crippen LogP contribution in [0.5, 0.6) is 0 Å². The number of oxazole rings is 1. The number of hydrogen-bond acceptors (Lipinski definition) is 3. The third kappa shape index (κ3) is 6.31. The van der Waals surface area contributed by atoms with Gasteiger partial charge in [-0.05, 0) is 117 Å². The summed E-state index contributed by atoms with van der Waals surface area (Å²) in [6, 6.07) is 77.1. The van der Waals surface area contributed by atoms with Gasteiger partial charge in [-0.3, -0.25) is 0 Å². The molecule has 0 fully saturated rings. The molecule has 0 atom stereocenters. The predicted molar refractivity (Wildman–Crippen MR) is 233 cm³/mol. The maximum atomic E-state index is 6.52. The molecule has 0 aliphatic rings. The number of para-hydroxylation sites is 1. The third-order valence-corrected chi connectivity index (χ3v) is 10.5. The van der Waals surface area contributed by atoms with E-state index in [1.807, 2.05) is 6.07 Å². The van der Waals surface area contributed by atoms with Crippen LogP contribution in [0, 0.1) is 0 Å². The highest BCUT2D eigenvalue weighted by atomic mass is 16.3. The molecule has 0 spiro atoms. The summed E-state index contributed by atoms with van der Waals surface area (Å²) in [5, 5.41) is 2.13. The number of anilines is 3. The fraction of sp³-hybridized carbons (Fsp3) is 0. The van der Waals surface area contributed by atoms with Crippen LogP contribution in [0.15, 0.2) is 223 Å². The zero-order valence-electron chi connectivity index (χ0n) is 30.6. The molecule has 56 heavy (non-hydrogen) atoms. The minimum Gasteiger partial charge on any atom is -0.435 e. The minimum atomic E-state index is 0.619. The molecule has 1 heterocycles. The summed E-state index contributed by atoms with van der Waals surface area (Å²) in [7, 11) is 0. The number of benzene rings is 9. The number of hydrogen-bond donors (Lipinski definition) is 0. The van der Waals surface area contributed by atoms with Crippen molar-refractivity contribution >= 4 is 38.9 Å². The number of aromatic nitrogens is 1. The van der Waals surface area contributed by atoms with E-state index in [0.717, 1.165) is 61.2 Å². The summed E-state index contributed by atoms with van der Waals surface area (Å²) < 4.78 is 6.52. The van der Waals surface area contributed by atoms with Crippen molar-refractivity contribution in [2.45, 2.75) is 0 Å². The van der Waals surface area contributed by atoms with E-state index in [9.17, 15) is 0 Å². The van der Waals surface area contributed by atoms with Crippen LogP contribution in [0.25, 0.3) is 77.8 Å². The lowest BCUT2D eigenvalue weighted by Gasteiger charge is -2.27. The zero-order chi connectivity index (χ0) is 37.3. The van der Waals surface area contributed by atoms with Gasteiger partial charge in [-0.1, -0.05) is 152 Å². The van der Waals surface area contributed by atoms with E-state index in [-0.39, 0.29) is 0 Å².